The summed E-state index contributed by atoms with van der Waals surface area (Å²) in [6.07, 6.45) is 0.490. The zero-order valence-corrected chi connectivity index (χ0v) is 21.2. The van der Waals surface area contributed by atoms with Gasteiger partial charge in [-0.05, 0) is 36.8 Å². The van der Waals surface area contributed by atoms with Crippen LogP contribution in [0.5, 0.6) is 0 Å². The fourth-order valence-electron chi connectivity index (χ4n) is 3.24. The van der Waals surface area contributed by atoms with Crippen molar-refractivity contribution in [1.29, 1.82) is 0 Å². The molecule has 3 rings (SSSR count). The van der Waals surface area contributed by atoms with Gasteiger partial charge in [0.15, 0.2) is 6.61 Å². The van der Waals surface area contributed by atoms with E-state index in [0.29, 0.717) is 9.92 Å². The summed E-state index contributed by atoms with van der Waals surface area (Å²) < 4.78 is 28.5. The topological polar surface area (TPSA) is 115 Å². The normalized spacial score (nSPS) is 14.2. The first-order chi connectivity index (χ1) is 15.8. The van der Waals surface area contributed by atoms with Gasteiger partial charge in [-0.1, -0.05) is 46.4 Å². The third-order valence-corrected chi connectivity index (χ3v) is 7.13. The number of imide groups is 1. The predicted octanol–water partition coefficient (Wildman–Crippen LogP) is 4.13. The molecule has 0 radical (unpaired) electrons. The Balaban J connectivity index is 1.86. The molecule has 0 aromatic heterocycles. The number of nitrogens with zero attached hydrogens (tertiary/aromatic N) is 1. The molecule has 34 heavy (non-hydrogen) atoms. The second kappa shape index (κ2) is 10.2. The van der Waals surface area contributed by atoms with Gasteiger partial charge in [0.25, 0.3) is 11.8 Å². The molecule has 2 amide bonds. The van der Waals surface area contributed by atoms with Gasteiger partial charge in [0.2, 0.25) is 5.78 Å². The summed E-state index contributed by atoms with van der Waals surface area (Å²) in [5, 5.41) is 0.370. The summed E-state index contributed by atoms with van der Waals surface area (Å²) in [5.41, 5.74) is -0.155. The number of Topliss-reactive ketones (excluding diaryl/α,β-unsaturated/α-hetero) is 1. The minimum absolute atomic E-state index is 0.0177. The van der Waals surface area contributed by atoms with Crippen LogP contribution >= 0.6 is 46.4 Å². The number of hydrogen-bond acceptors (Lipinski definition) is 7. The lowest BCUT2D eigenvalue weighted by atomic mass is 10.1. The molecule has 1 atom stereocenters. The summed E-state index contributed by atoms with van der Waals surface area (Å²) in [5.74, 6) is -4.09. The van der Waals surface area contributed by atoms with Crippen molar-refractivity contribution in [2.24, 2.45) is 0 Å². The highest BCUT2D eigenvalue weighted by molar-refractivity contribution is 7.90. The largest absolute Gasteiger partial charge is 0.456 e. The number of ketones is 1. The van der Waals surface area contributed by atoms with E-state index in [-0.39, 0.29) is 31.8 Å². The van der Waals surface area contributed by atoms with E-state index >= 15 is 0 Å². The molecule has 180 valence electrons. The number of rotatable bonds is 8. The second-order valence-electron chi connectivity index (χ2n) is 7.38. The van der Waals surface area contributed by atoms with Crippen LogP contribution in [-0.2, 0) is 19.4 Å². The number of carbonyl (C=O) groups excluding carboxylic acids is 4. The van der Waals surface area contributed by atoms with Gasteiger partial charge in [0, 0.05) is 16.8 Å². The van der Waals surface area contributed by atoms with E-state index in [4.69, 9.17) is 51.1 Å². The van der Waals surface area contributed by atoms with E-state index in [1.165, 1.54) is 30.3 Å². The minimum Gasteiger partial charge on any atom is -0.456 e. The molecule has 8 nitrogen and oxygen atoms in total. The number of ether oxygens (including phenoxy) is 1. The maximum Gasteiger partial charge on any atom is 0.329 e. The lowest BCUT2D eigenvalue weighted by molar-refractivity contribution is -0.147. The zero-order valence-electron chi connectivity index (χ0n) is 17.3. The Morgan fingerprint density at radius 3 is 2.00 bits per heavy atom. The molecule has 1 aliphatic heterocycles. The van der Waals surface area contributed by atoms with Crippen LogP contribution in [0, 0.1) is 0 Å². The van der Waals surface area contributed by atoms with Crippen molar-refractivity contribution in [1.82, 2.24) is 4.90 Å². The first kappa shape index (κ1) is 26.4. The molecule has 1 heterocycles. The number of fused-ring (bicyclic) bond motifs is 1. The Hall–Kier alpha value is -2.17. The highest BCUT2D eigenvalue weighted by Gasteiger charge is 2.44. The fourth-order valence-corrected chi connectivity index (χ4v) is 4.73. The predicted molar refractivity (Wildman–Crippen MR) is 127 cm³/mol. The molecule has 0 fully saturated rings. The molecular weight excluding hydrogens is 552 g/mol. The third kappa shape index (κ3) is 5.72. The second-order valence-corrected chi connectivity index (χ2v) is 11.3. The molecule has 2 aromatic rings. The SMILES string of the molecule is CS(=O)(=O)CC[C@H](C(=O)OCC(=O)c1ccc(Cl)cc1Cl)N1C(=O)c2cc(Cl)c(Cl)cc2C1=O. The average Bonchev–Trinajstić information content (AvgIpc) is 2.96. The van der Waals surface area contributed by atoms with E-state index in [1.54, 1.807) is 0 Å². The number of amides is 2. The van der Waals surface area contributed by atoms with Crippen LogP contribution in [0.1, 0.15) is 37.5 Å². The van der Waals surface area contributed by atoms with Crippen molar-refractivity contribution in [2.75, 3.05) is 18.6 Å². The highest BCUT2D eigenvalue weighted by Crippen LogP contribution is 2.33. The van der Waals surface area contributed by atoms with Crippen molar-refractivity contribution >= 4 is 79.8 Å². The molecule has 0 saturated heterocycles. The molecule has 0 aliphatic carbocycles. The van der Waals surface area contributed by atoms with E-state index in [1.807, 2.05) is 0 Å². The number of halogens is 4. The molecule has 0 unspecified atom stereocenters. The first-order valence-corrected chi connectivity index (χ1v) is 13.1. The van der Waals surface area contributed by atoms with E-state index in [0.717, 1.165) is 6.26 Å². The van der Waals surface area contributed by atoms with E-state index in [9.17, 15) is 27.6 Å². The van der Waals surface area contributed by atoms with Gasteiger partial charge in [0.1, 0.15) is 15.9 Å². The quantitative estimate of drug-likeness (QED) is 0.268. The Morgan fingerprint density at radius 1 is 0.941 bits per heavy atom. The van der Waals surface area contributed by atoms with Crippen LogP contribution in [0.15, 0.2) is 30.3 Å². The van der Waals surface area contributed by atoms with Gasteiger partial charge < -0.3 is 4.74 Å². The fraction of sp³-hybridized carbons (Fsp3) is 0.238. The van der Waals surface area contributed by atoms with Crippen LogP contribution in [0.25, 0.3) is 0 Å². The molecule has 0 saturated carbocycles. The van der Waals surface area contributed by atoms with Gasteiger partial charge in [-0.25, -0.2) is 13.2 Å². The van der Waals surface area contributed by atoms with Crippen LogP contribution in [0.2, 0.25) is 20.1 Å². The maximum atomic E-state index is 12.9. The van der Waals surface area contributed by atoms with Crippen molar-refractivity contribution < 1.29 is 32.3 Å². The van der Waals surface area contributed by atoms with Gasteiger partial charge >= 0.3 is 5.97 Å². The number of benzene rings is 2. The van der Waals surface area contributed by atoms with Crippen molar-refractivity contribution in [3.8, 4) is 0 Å². The summed E-state index contributed by atoms with van der Waals surface area (Å²) >= 11 is 23.7. The summed E-state index contributed by atoms with van der Waals surface area (Å²) in [4.78, 5) is 51.8. The van der Waals surface area contributed by atoms with Crippen molar-refractivity contribution in [3.05, 3.63) is 67.1 Å². The average molecular weight is 567 g/mol. The molecule has 1 aliphatic rings. The summed E-state index contributed by atoms with van der Waals surface area (Å²) in [6.45, 7) is -0.767. The van der Waals surface area contributed by atoms with Crippen LogP contribution in [0.4, 0.5) is 0 Å². The Kier molecular flexibility index (Phi) is 7.94. The van der Waals surface area contributed by atoms with Gasteiger partial charge in [0.05, 0.1) is 31.9 Å². The molecule has 2 aromatic carbocycles. The van der Waals surface area contributed by atoms with Crippen LogP contribution in [-0.4, -0.2) is 61.5 Å². The highest BCUT2D eigenvalue weighted by atomic mass is 35.5. The van der Waals surface area contributed by atoms with Crippen LogP contribution in [0.3, 0.4) is 0 Å². The van der Waals surface area contributed by atoms with Gasteiger partial charge in [-0.15, -0.1) is 0 Å². The third-order valence-electron chi connectivity index (χ3n) is 4.88. The molecule has 13 heteroatoms. The number of sulfone groups is 1. The van der Waals surface area contributed by atoms with E-state index in [2.05, 4.69) is 0 Å². The zero-order chi connectivity index (χ0) is 25.4. The van der Waals surface area contributed by atoms with Crippen molar-refractivity contribution in [3.63, 3.8) is 0 Å². The molecule has 0 spiro atoms. The Morgan fingerprint density at radius 2 is 1.50 bits per heavy atom. The smallest absolute Gasteiger partial charge is 0.329 e. The molecule has 0 bridgehead atoms. The standard InChI is InChI=1S/C21H15Cl4NO7S/c1-34(31,32)5-4-17(21(30)33-9-18(27)11-3-2-10(22)6-14(11)23)26-19(28)12-7-15(24)16(25)8-13(12)20(26)29/h2-3,6-8,17H,4-5,9H2,1H3/t17-/m1/s1. The monoisotopic (exact) mass is 565 g/mol. The van der Waals surface area contributed by atoms with Crippen LogP contribution < -0.4 is 0 Å². The van der Waals surface area contributed by atoms with Gasteiger partial charge in [-0.3, -0.25) is 19.3 Å². The lowest BCUT2D eigenvalue weighted by Crippen LogP contribution is -2.46. The number of esters is 1. The Bertz CT molecular complexity index is 1290. The molecule has 0 N–H and O–H groups in total. The van der Waals surface area contributed by atoms with Gasteiger partial charge in [-0.2, -0.15) is 0 Å². The number of hydrogen-bond donors (Lipinski definition) is 0. The maximum absolute atomic E-state index is 12.9. The minimum atomic E-state index is -3.58. The Labute approximate surface area is 214 Å². The lowest BCUT2D eigenvalue weighted by Gasteiger charge is -2.24. The summed E-state index contributed by atoms with van der Waals surface area (Å²) in [6, 6.07) is 4.86. The summed E-state index contributed by atoms with van der Waals surface area (Å²) in [7, 11) is -3.58. The number of carbonyl (C=O) groups is 4. The first-order valence-electron chi connectivity index (χ1n) is 9.49. The molecular formula is C21H15Cl4NO7S. The van der Waals surface area contributed by atoms with E-state index < -0.39 is 58.2 Å². The van der Waals surface area contributed by atoms with Crippen molar-refractivity contribution in [2.45, 2.75) is 12.5 Å².